The van der Waals surface area contributed by atoms with Crippen LogP contribution in [0.5, 0.6) is 0 Å². The van der Waals surface area contributed by atoms with Crippen LogP contribution in [0.25, 0.3) is 11.0 Å². The number of halogens is 1. The van der Waals surface area contributed by atoms with Crippen molar-refractivity contribution >= 4 is 22.3 Å². The lowest BCUT2D eigenvalue weighted by atomic mass is 10.2. The summed E-state index contributed by atoms with van der Waals surface area (Å²) >= 11 is -1.18. The van der Waals surface area contributed by atoms with Crippen LogP contribution in [0.4, 0.5) is 4.39 Å². The Morgan fingerprint density at radius 3 is 2.63 bits per heavy atom. The third-order valence-electron chi connectivity index (χ3n) is 2.77. The molecule has 3 nitrogen and oxygen atoms in total. The van der Waals surface area contributed by atoms with Crippen molar-refractivity contribution in [2.75, 3.05) is 0 Å². The van der Waals surface area contributed by atoms with Crippen LogP contribution in [0.15, 0.2) is 28.7 Å². The molecule has 0 saturated carbocycles. The van der Waals surface area contributed by atoms with E-state index in [1.165, 1.54) is 12.1 Å². The molecule has 1 aromatic heterocycles. The number of fused-ring (bicyclic) bond motifs is 1. The number of furan rings is 1. The fraction of sp³-hybridized carbons (Fsp3) is 0.429. The first-order valence-corrected chi connectivity index (χ1v) is 7.29. The minimum absolute atomic E-state index is 0.199. The highest BCUT2D eigenvalue weighted by Gasteiger charge is 2.29. The molecule has 2 aromatic rings. The maximum atomic E-state index is 13.1. The summed E-state index contributed by atoms with van der Waals surface area (Å²) in [5, 5.41) is 0.839. The summed E-state index contributed by atoms with van der Waals surface area (Å²) in [4.78, 5) is 0. The smallest absolute Gasteiger partial charge is 0.137 e. The largest absolute Gasteiger partial charge is 0.598 e. The van der Waals surface area contributed by atoms with Crippen molar-refractivity contribution in [1.29, 1.82) is 0 Å². The molecule has 104 valence electrons. The molecule has 0 saturated heterocycles. The molecule has 0 amide bonds. The van der Waals surface area contributed by atoms with Crippen LogP contribution in [-0.2, 0) is 11.4 Å². The number of hydrogen-bond donors (Lipinski definition) is 1. The molecule has 19 heavy (non-hydrogen) atoms. The van der Waals surface area contributed by atoms with Crippen molar-refractivity contribution in [3.05, 3.63) is 35.8 Å². The summed E-state index contributed by atoms with van der Waals surface area (Å²) in [6, 6.07) is 6.06. The third-order valence-corrected chi connectivity index (χ3v) is 4.45. The monoisotopic (exact) mass is 283 g/mol. The predicted octanol–water partition coefficient (Wildman–Crippen LogP) is 3.68. The van der Waals surface area contributed by atoms with Gasteiger partial charge in [0.05, 0.1) is 0 Å². The molecular weight excluding hydrogens is 265 g/mol. The van der Waals surface area contributed by atoms with Gasteiger partial charge >= 0.3 is 0 Å². The highest BCUT2D eigenvalue weighted by atomic mass is 32.2. The van der Waals surface area contributed by atoms with Gasteiger partial charge in [-0.25, -0.2) is 4.39 Å². The van der Waals surface area contributed by atoms with Gasteiger partial charge in [-0.2, -0.15) is 0 Å². The second-order valence-corrected chi connectivity index (χ2v) is 7.55. The number of benzene rings is 1. The van der Waals surface area contributed by atoms with E-state index < -0.39 is 11.4 Å². The number of hydrogen-bond acceptors (Lipinski definition) is 3. The van der Waals surface area contributed by atoms with Gasteiger partial charge in [-0.05, 0) is 45.9 Å². The molecule has 0 aliphatic carbocycles. The summed E-state index contributed by atoms with van der Waals surface area (Å²) in [5.41, 5.74) is 0.505. The molecule has 1 heterocycles. The molecule has 0 aliphatic rings. The summed E-state index contributed by atoms with van der Waals surface area (Å²) in [6.45, 7) is 7.57. The Labute approximate surface area is 115 Å². The van der Waals surface area contributed by atoms with E-state index in [1.807, 2.05) is 33.8 Å². The zero-order valence-corrected chi connectivity index (χ0v) is 12.3. The Hall–Kier alpha value is -1.04. The normalized spacial score (nSPS) is 15.7. The molecule has 5 heteroatoms. The van der Waals surface area contributed by atoms with E-state index in [0.29, 0.717) is 11.3 Å². The SMILES string of the molecule is CC(N[S+]([O-])C(C)(C)C)c1cc2ccc(F)cc2o1. The fourth-order valence-electron chi connectivity index (χ4n) is 1.63. The second kappa shape index (κ2) is 5.15. The average Bonchev–Trinajstić information content (AvgIpc) is 2.70. The highest BCUT2D eigenvalue weighted by Crippen LogP contribution is 2.26. The van der Waals surface area contributed by atoms with Crippen molar-refractivity contribution in [3.8, 4) is 0 Å². The Kier molecular flexibility index (Phi) is 3.90. The number of nitrogens with one attached hydrogen (secondary N) is 1. The van der Waals surface area contributed by atoms with Crippen LogP contribution < -0.4 is 4.72 Å². The molecule has 0 spiro atoms. The van der Waals surface area contributed by atoms with E-state index in [9.17, 15) is 8.94 Å². The van der Waals surface area contributed by atoms with Crippen LogP contribution in [0.3, 0.4) is 0 Å². The molecule has 0 bridgehead atoms. The zero-order valence-electron chi connectivity index (χ0n) is 11.5. The van der Waals surface area contributed by atoms with Gasteiger partial charge in [-0.3, -0.25) is 0 Å². The van der Waals surface area contributed by atoms with Crippen molar-refractivity contribution in [2.24, 2.45) is 0 Å². The second-order valence-electron chi connectivity index (χ2n) is 5.55. The summed E-state index contributed by atoms with van der Waals surface area (Å²) in [7, 11) is 0. The quantitative estimate of drug-likeness (QED) is 0.874. The van der Waals surface area contributed by atoms with Gasteiger partial charge < -0.3 is 8.97 Å². The van der Waals surface area contributed by atoms with Gasteiger partial charge in [-0.15, -0.1) is 4.72 Å². The van der Waals surface area contributed by atoms with Crippen molar-refractivity contribution in [2.45, 2.75) is 38.5 Å². The molecular formula is C14H18FNO2S. The van der Waals surface area contributed by atoms with Gasteiger partial charge in [0.15, 0.2) is 0 Å². The van der Waals surface area contributed by atoms with Gasteiger partial charge in [0.2, 0.25) is 0 Å². The van der Waals surface area contributed by atoms with Gasteiger partial charge in [0, 0.05) is 22.8 Å². The minimum Gasteiger partial charge on any atom is -0.598 e. The first-order valence-electron chi connectivity index (χ1n) is 6.14. The van der Waals surface area contributed by atoms with E-state index in [4.69, 9.17) is 4.42 Å². The van der Waals surface area contributed by atoms with Crippen LogP contribution in [0.1, 0.15) is 39.5 Å². The average molecular weight is 283 g/mol. The molecule has 2 unspecified atom stereocenters. The molecule has 1 aromatic carbocycles. The van der Waals surface area contributed by atoms with Crippen LogP contribution in [0.2, 0.25) is 0 Å². The van der Waals surface area contributed by atoms with Crippen molar-refractivity contribution in [1.82, 2.24) is 4.72 Å². The summed E-state index contributed by atoms with van der Waals surface area (Å²) in [6.07, 6.45) is 0. The summed E-state index contributed by atoms with van der Waals surface area (Å²) in [5.74, 6) is 0.325. The lowest BCUT2D eigenvalue weighted by Gasteiger charge is -2.25. The first-order chi connectivity index (χ1) is 8.77. The van der Waals surface area contributed by atoms with Crippen LogP contribution in [0, 0.1) is 5.82 Å². The van der Waals surface area contributed by atoms with Gasteiger partial charge in [0.25, 0.3) is 0 Å². The van der Waals surface area contributed by atoms with Crippen LogP contribution >= 0.6 is 0 Å². The highest BCUT2D eigenvalue weighted by molar-refractivity contribution is 7.90. The first kappa shape index (κ1) is 14.4. The number of rotatable bonds is 3. The third kappa shape index (κ3) is 3.29. The topological polar surface area (TPSA) is 48.2 Å². The molecule has 0 aliphatic heterocycles. The maximum absolute atomic E-state index is 13.1. The van der Waals surface area contributed by atoms with Crippen molar-refractivity contribution in [3.63, 3.8) is 0 Å². The Morgan fingerprint density at radius 2 is 2.00 bits per heavy atom. The van der Waals surface area contributed by atoms with E-state index >= 15 is 0 Å². The summed E-state index contributed by atoms with van der Waals surface area (Å²) < 4.78 is 33.3. The van der Waals surface area contributed by atoms with Crippen molar-refractivity contribution < 1.29 is 13.4 Å². The Bertz CT molecular complexity index is 576. The van der Waals surface area contributed by atoms with E-state index in [1.54, 1.807) is 6.07 Å². The molecule has 0 radical (unpaired) electrons. The lowest BCUT2D eigenvalue weighted by molar-refractivity contribution is 0.474. The van der Waals surface area contributed by atoms with E-state index in [0.717, 1.165) is 5.39 Å². The molecule has 0 fully saturated rings. The standard InChI is InChI=1S/C14H18FNO2S/c1-9(16-19(17)14(2,3)4)12-7-10-5-6-11(15)8-13(10)18-12/h5-9,16H,1-4H3. The molecule has 2 rings (SSSR count). The van der Waals surface area contributed by atoms with Crippen LogP contribution in [-0.4, -0.2) is 9.30 Å². The molecule has 2 atom stereocenters. The lowest BCUT2D eigenvalue weighted by Crippen LogP contribution is -2.40. The maximum Gasteiger partial charge on any atom is 0.137 e. The van der Waals surface area contributed by atoms with Gasteiger partial charge in [0.1, 0.15) is 27.9 Å². The fourth-order valence-corrected chi connectivity index (χ4v) is 2.43. The predicted molar refractivity (Wildman–Crippen MR) is 75.6 cm³/mol. The van der Waals surface area contributed by atoms with E-state index in [2.05, 4.69) is 4.72 Å². The molecule has 1 N–H and O–H groups in total. The zero-order chi connectivity index (χ0) is 14.2. The Balaban J connectivity index is 2.20. The minimum atomic E-state index is -1.18. The van der Waals surface area contributed by atoms with Gasteiger partial charge in [-0.1, -0.05) is 0 Å². The Morgan fingerprint density at radius 1 is 1.32 bits per heavy atom. The van der Waals surface area contributed by atoms with E-state index in [-0.39, 0.29) is 16.6 Å².